The summed E-state index contributed by atoms with van der Waals surface area (Å²) in [5.74, 6) is 0.242. The maximum absolute atomic E-state index is 12.4. The van der Waals surface area contributed by atoms with Gasteiger partial charge in [-0.1, -0.05) is 11.6 Å². The molecule has 6 nitrogen and oxygen atoms in total. The lowest BCUT2D eigenvalue weighted by Crippen LogP contribution is -2.47. The topological polar surface area (TPSA) is 78.5 Å². The van der Waals surface area contributed by atoms with Crippen molar-refractivity contribution in [1.29, 1.82) is 0 Å². The van der Waals surface area contributed by atoms with E-state index in [2.05, 4.69) is 10.6 Å². The molecule has 1 aromatic carbocycles. The molecule has 2 fully saturated rings. The molecule has 4 amide bonds. The van der Waals surface area contributed by atoms with Gasteiger partial charge in [-0.15, -0.1) is 11.8 Å². The molecule has 3 rings (SSSR count). The van der Waals surface area contributed by atoms with Gasteiger partial charge in [0.25, 0.3) is 5.91 Å². The van der Waals surface area contributed by atoms with Crippen LogP contribution in [0.15, 0.2) is 29.2 Å². The molecule has 8 heteroatoms. The lowest BCUT2D eigenvalue weighted by Gasteiger charge is -2.20. The number of halogens is 1. The summed E-state index contributed by atoms with van der Waals surface area (Å²) in [5.41, 5.74) is -0.845. The van der Waals surface area contributed by atoms with Crippen LogP contribution in [0.3, 0.4) is 0 Å². The molecule has 1 aliphatic carbocycles. The number of amides is 4. The van der Waals surface area contributed by atoms with E-state index in [4.69, 9.17) is 11.6 Å². The van der Waals surface area contributed by atoms with Crippen molar-refractivity contribution in [2.24, 2.45) is 5.92 Å². The number of rotatable bonds is 7. The van der Waals surface area contributed by atoms with Crippen molar-refractivity contribution in [2.45, 2.75) is 30.2 Å². The summed E-state index contributed by atoms with van der Waals surface area (Å²) in [6.45, 7) is 1.96. The van der Waals surface area contributed by atoms with Crippen molar-refractivity contribution in [3.63, 3.8) is 0 Å². The molecule has 1 aliphatic heterocycles. The number of thioether (sulfide) groups is 1. The van der Waals surface area contributed by atoms with Crippen LogP contribution in [0.1, 0.15) is 19.8 Å². The molecule has 0 bridgehead atoms. The van der Waals surface area contributed by atoms with Gasteiger partial charge in [0.15, 0.2) is 0 Å². The Morgan fingerprint density at radius 3 is 2.68 bits per heavy atom. The Morgan fingerprint density at radius 1 is 1.36 bits per heavy atom. The molecule has 1 heterocycles. The average molecular weight is 382 g/mol. The van der Waals surface area contributed by atoms with Gasteiger partial charge in [0.05, 0.1) is 0 Å². The maximum Gasteiger partial charge on any atom is 0.325 e. The summed E-state index contributed by atoms with van der Waals surface area (Å²) < 4.78 is 0. The normalized spacial score (nSPS) is 22.9. The van der Waals surface area contributed by atoms with E-state index in [1.54, 1.807) is 18.7 Å². The number of urea groups is 1. The van der Waals surface area contributed by atoms with Crippen molar-refractivity contribution < 1.29 is 14.4 Å². The molecule has 0 unspecified atom stereocenters. The van der Waals surface area contributed by atoms with Crippen molar-refractivity contribution in [3.05, 3.63) is 29.3 Å². The van der Waals surface area contributed by atoms with Gasteiger partial charge in [-0.2, -0.15) is 0 Å². The molecule has 25 heavy (non-hydrogen) atoms. The first-order valence-corrected chi connectivity index (χ1v) is 9.55. The summed E-state index contributed by atoms with van der Waals surface area (Å²) in [4.78, 5) is 38.6. The minimum atomic E-state index is -0.845. The van der Waals surface area contributed by atoms with Crippen LogP contribution in [0.25, 0.3) is 0 Å². The summed E-state index contributed by atoms with van der Waals surface area (Å²) >= 11 is 7.43. The number of imide groups is 1. The zero-order valence-electron chi connectivity index (χ0n) is 13.9. The van der Waals surface area contributed by atoms with E-state index in [9.17, 15) is 14.4 Å². The van der Waals surface area contributed by atoms with Crippen LogP contribution < -0.4 is 10.6 Å². The van der Waals surface area contributed by atoms with Gasteiger partial charge in [0, 0.05) is 22.2 Å². The molecule has 1 saturated carbocycles. The van der Waals surface area contributed by atoms with E-state index in [0.29, 0.717) is 17.3 Å². The Labute approximate surface area is 155 Å². The summed E-state index contributed by atoms with van der Waals surface area (Å²) in [7, 11) is 0. The number of nitrogens with one attached hydrogen (secondary N) is 2. The molecule has 0 aromatic heterocycles. The van der Waals surface area contributed by atoms with Crippen molar-refractivity contribution in [3.8, 4) is 0 Å². The Bertz CT molecular complexity index is 693. The van der Waals surface area contributed by atoms with Gasteiger partial charge in [-0.05, 0) is 49.9 Å². The minimum absolute atomic E-state index is 0.188. The van der Waals surface area contributed by atoms with Crippen LogP contribution in [-0.2, 0) is 9.59 Å². The summed E-state index contributed by atoms with van der Waals surface area (Å²) in [5, 5.41) is 6.16. The fourth-order valence-electron chi connectivity index (χ4n) is 2.89. The lowest BCUT2D eigenvalue weighted by atomic mass is 9.96. The van der Waals surface area contributed by atoms with Crippen molar-refractivity contribution in [1.82, 2.24) is 15.5 Å². The third-order valence-electron chi connectivity index (χ3n) is 4.50. The first-order chi connectivity index (χ1) is 11.9. The van der Waals surface area contributed by atoms with E-state index in [0.717, 1.165) is 22.6 Å². The molecular formula is C17H20ClN3O3S. The number of nitrogens with zero attached hydrogens (tertiary/aromatic N) is 1. The highest BCUT2D eigenvalue weighted by Crippen LogP contribution is 2.42. The van der Waals surface area contributed by atoms with Gasteiger partial charge in [0.1, 0.15) is 12.1 Å². The zero-order valence-corrected chi connectivity index (χ0v) is 15.5. The molecule has 0 radical (unpaired) electrons. The summed E-state index contributed by atoms with van der Waals surface area (Å²) in [6.07, 6.45) is 1.87. The SMILES string of the molecule is C[C@]1(C2CC2)NC(=O)N(CC(=O)NCCSc2ccc(Cl)cc2)C1=O. The average Bonchev–Trinajstić information content (AvgIpc) is 3.40. The highest BCUT2D eigenvalue weighted by molar-refractivity contribution is 7.99. The van der Waals surface area contributed by atoms with Gasteiger partial charge in [-0.25, -0.2) is 4.79 Å². The van der Waals surface area contributed by atoms with Crippen LogP contribution in [0, 0.1) is 5.92 Å². The standard InChI is InChI=1S/C17H20ClN3O3S/c1-17(11-2-3-11)15(23)21(16(24)20-17)10-14(22)19-8-9-25-13-6-4-12(18)5-7-13/h4-7,11H,2-3,8-10H2,1H3,(H,19,22)(H,20,24)/t17-/m1/s1. The number of hydrogen-bond donors (Lipinski definition) is 2. The molecule has 134 valence electrons. The molecule has 1 saturated heterocycles. The second kappa shape index (κ2) is 7.25. The molecular weight excluding hydrogens is 362 g/mol. The first kappa shape index (κ1) is 18.1. The molecule has 2 N–H and O–H groups in total. The lowest BCUT2D eigenvalue weighted by molar-refractivity contribution is -0.135. The molecule has 1 aromatic rings. The Hall–Kier alpha value is -1.73. The molecule has 1 atom stereocenters. The predicted molar refractivity (Wildman–Crippen MR) is 96.6 cm³/mol. The van der Waals surface area contributed by atoms with Gasteiger partial charge in [-0.3, -0.25) is 14.5 Å². The van der Waals surface area contributed by atoms with Crippen LogP contribution in [0.5, 0.6) is 0 Å². The van der Waals surface area contributed by atoms with Crippen LogP contribution in [-0.4, -0.2) is 47.1 Å². The van der Waals surface area contributed by atoms with E-state index >= 15 is 0 Å². The van der Waals surface area contributed by atoms with E-state index < -0.39 is 11.6 Å². The Balaban J connectivity index is 1.42. The fraction of sp³-hybridized carbons (Fsp3) is 0.471. The largest absolute Gasteiger partial charge is 0.354 e. The maximum atomic E-state index is 12.4. The van der Waals surface area contributed by atoms with Gasteiger partial charge in [0.2, 0.25) is 5.91 Å². The van der Waals surface area contributed by atoms with E-state index in [1.807, 2.05) is 24.3 Å². The Kier molecular flexibility index (Phi) is 5.24. The third kappa shape index (κ3) is 4.10. The van der Waals surface area contributed by atoms with Crippen molar-refractivity contribution in [2.75, 3.05) is 18.8 Å². The summed E-state index contributed by atoms with van der Waals surface area (Å²) in [6, 6.07) is 6.99. The molecule has 0 spiro atoms. The number of hydrogen-bond acceptors (Lipinski definition) is 4. The first-order valence-electron chi connectivity index (χ1n) is 8.19. The van der Waals surface area contributed by atoms with E-state index in [1.165, 1.54) is 0 Å². The Morgan fingerprint density at radius 2 is 2.04 bits per heavy atom. The second-order valence-electron chi connectivity index (χ2n) is 6.45. The number of carbonyl (C=O) groups is 3. The van der Waals surface area contributed by atoms with Crippen LogP contribution in [0.4, 0.5) is 4.79 Å². The fourth-order valence-corrected chi connectivity index (χ4v) is 3.78. The van der Waals surface area contributed by atoms with Gasteiger partial charge < -0.3 is 10.6 Å². The second-order valence-corrected chi connectivity index (χ2v) is 8.06. The number of carbonyl (C=O) groups excluding carboxylic acids is 3. The zero-order chi connectivity index (χ0) is 18.0. The third-order valence-corrected chi connectivity index (χ3v) is 5.77. The predicted octanol–water partition coefficient (Wildman–Crippen LogP) is 2.27. The highest BCUT2D eigenvalue weighted by atomic mass is 35.5. The van der Waals surface area contributed by atoms with Crippen molar-refractivity contribution >= 4 is 41.2 Å². The number of benzene rings is 1. The smallest absolute Gasteiger partial charge is 0.325 e. The quantitative estimate of drug-likeness (QED) is 0.431. The highest BCUT2D eigenvalue weighted by Gasteiger charge is 2.56. The van der Waals surface area contributed by atoms with Crippen LogP contribution in [0.2, 0.25) is 5.02 Å². The van der Waals surface area contributed by atoms with Gasteiger partial charge >= 0.3 is 6.03 Å². The monoisotopic (exact) mass is 381 g/mol. The van der Waals surface area contributed by atoms with Crippen LogP contribution >= 0.6 is 23.4 Å². The molecule has 2 aliphatic rings. The van der Waals surface area contributed by atoms with E-state index in [-0.39, 0.29) is 24.3 Å². The minimum Gasteiger partial charge on any atom is -0.354 e.